The standard InChI is InChI=1S/C15H28N4O/c1-6-8-16-14-12(5)15(18-13(7-2)17-14)19(9-10-20)11(3)4/h11,20H,6-10H2,1-5H3,(H,16,17,18). The van der Waals surface area contributed by atoms with Crippen LogP contribution in [0.25, 0.3) is 0 Å². The Labute approximate surface area is 122 Å². The van der Waals surface area contributed by atoms with Crippen molar-refractivity contribution in [3.63, 3.8) is 0 Å². The average Bonchev–Trinajstić information content (AvgIpc) is 2.43. The van der Waals surface area contributed by atoms with E-state index in [9.17, 15) is 5.11 Å². The van der Waals surface area contributed by atoms with Gasteiger partial charge < -0.3 is 15.3 Å². The zero-order chi connectivity index (χ0) is 15.1. The third kappa shape index (κ3) is 4.07. The summed E-state index contributed by atoms with van der Waals surface area (Å²) in [5.74, 6) is 2.68. The van der Waals surface area contributed by atoms with Crippen LogP contribution in [0.5, 0.6) is 0 Å². The number of hydrogen-bond acceptors (Lipinski definition) is 5. The van der Waals surface area contributed by atoms with Crippen molar-refractivity contribution in [2.45, 2.75) is 53.5 Å². The zero-order valence-electron chi connectivity index (χ0n) is 13.4. The van der Waals surface area contributed by atoms with Gasteiger partial charge in [-0.05, 0) is 27.2 Å². The molecule has 0 bridgehead atoms. The molecule has 0 aliphatic carbocycles. The van der Waals surface area contributed by atoms with Crippen molar-refractivity contribution < 1.29 is 5.11 Å². The molecule has 1 rings (SSSR count). The Morgan fingerprint density at radius 3 is 2.45 bits per heavy atom. The third-order valence-electron chi connectivity index (χ3n) is 3.26. The molecule has 0 fully saturated rings. The first-order chi connectivity index (χ1) is 9.54. The highest BCUT2D eigenvalue weighted by Crippen LogP contribution is 2.25. The molecule has 0 aromatic carbocycles. The third-order valence-corrected chi connectivity index (χ3v) is 3.26. The molecule has 0 saturated carbocycles. The van der Waals surface area contributed by atoms with Gasteiger partial charge in [0, 0.05) is 31.1 Å². The largest absolute Gasteiger partial charge is 0.395 e. The maximum Gasteiger partial charge on any atom is 0.137 e. The predicted molar refractivity (Wildman–Crippen MR) is 84.5 cm³/mol. The van der Waals surface area contributed by atoms with Crippen LogP contribution in [0.3, 0.4) is 0 Å². The lowest BCUT2D eigenvalue weighted by Gasteiger charge is -2.29. The number of aliphatic hydroxyl groups excluding tert-OH is 1. The van der Waals surface area contributed by atoms with E-state index in [0.717, 1.165) is 42.4 Å². The minimum absolute atomic E-state index is 0.126. The second kappa shape index (κ2) is 8.04. The number of nitrogens with one attached hydrogen (secondary N) is 1. The van der Waals surface area contributed by atoms with Gasteiger partial charge in [0.2, 0.25) is 0 Å². The van der Waals surface area contributed by atoms with Gasteiger partial charge in [0.15, 0.2) is 0 Å². The molecule has 1 aromatic heterocycles. The molecular weight excluding hydrogens is 252 g/mol. The number of rotatable bonds is 8. The molecule has 0 saturated heterocycles. The van der Waals surface area contributed by atoms with E-state index in [1.54, 1.807) is 0 Å². The van der Waals surface area contributed by atoms with Crippen LogP contribution in [-0.4, -0.2) is 40.8 Å². The molecule has 0 aliphatic heterocycles. The fraction of sp³-hybridized carbons (Fsp3) is 0.733. The Kier molecular flexibility index (Phi) is 6.71. The second-order valence-corrected chi connectivity index (χ2v) is 5.23. The first-order valence-corrected chi connectivity index (χ1v) is 7.53. The first-order valence-electron chi connectivity index (χ1n) is 7.53. The maximum absolute atomic E-state index is 9.27. The normalized spacial score (nSPS) is 10.9. The van der Waals surface area contributed by atoms with E-state index in [4.69, 9.17) is 0 Å². The molecule has 5 nitrogen and oxygen atoms in total. The fourth-order valence-corrected chi connectivity index (χ4v) is 2.12. The Balaban J connectivity index is 3.21. The number of aromatic nitrogens is 2. The molecule has 0 aliphatic rings. The zero-order valence-corrected chi connectivity index (χ0v) is 13.4. The summed E-state index contributed by atoms with van der Waals surface area (Å²) in [6.45, 7) is 12.1. The number of aliphatic hydroxyl groups is 1. The van der Waals surface area contributed by atoms with Crippen molar-refractivity contribution >= 4 is 11.6 Å². The van der Waals surface area contributed by atoms with Gasteiger partial charge in [-0.1, -0.05) is 13.8 Å². The van der Waals surface area contributed by atoms with E-state index in [2.05, 4.69) is 47.9 Å². The lowest BCUT2D eigenvalue weighted by atomic mass is 10.2. The van der Waals surface area contributed by atoms with Gasteiger partial charge in [-0.25, -0.2) is 9.97 Å². The summed E-state index contributed by atoms with van der Waals surface area (Å²) in [6.07, 6.45) is 1.86. The van der Waals surface area contributed by atoms with Gasteiger partial charge in [0.1, 0.15) is 17.5 Å². The van der Waals surface area contributed by atoms with Crippen molar-refractivity contribution in [1.82, 2.24) is 9.97 Å². The van der Waals surface area contributed by atoms with E-state index in [-0.39, 0.29) is 6.61 Å². The van der Waals surface area contributed by atoms with E-state index < -0.39 is 0 Å². The minimum Gasteiger partial charge on any atom is -0.395 e. The van der Waals surface area contributed by atoms with E-state index in [1.807, 2.05) is 6.92 Å². The lowest BCUT2D eigenvalue weighted by molar-refractivity contribution is 0.298. The van der Waals surface area contributed by atoms with E-state index >= 15 is 0 Å². The highest BCUT2D eigenvalue weighted by molar-refractivity contribution is 5.59. The number of anilines is 2. The molecule has 0 unspecified atom stereocenters. The van der Waals surface area contributed by atoms with Gasteiger partial charge in [-0.15, -0.1) is 0 Å². The van der Waals surface area contributed by atoms with Gasteiger partial charge in [0.05, 0.1) is 6.61 Å². The average molecular weight is 280 g/mol. The summed E-state index contributed by atoms with van der Waals surface area (Å²) >= 11 is 0. The molecule has 5 heteroatoms. The Bertz CT molecular complexity index is 421. The van der Waals surface area contributed by atoms with Crippen molar-refractivity contribution in [2.24, 2.45) is 0 Å². The molecule has 0 atom stereocenters. The van der Waals surface area contributed by atoms with Crippen molar-refractivity contribution in [2.75, 3.05) is 29.9 Å². The van der Waals surface area contributed by atoms with Crippen molar-refractivity contribution in [3.8, 4) is 0 Å². The predicted octanol–water partition coefficient (Wildman–Crippen LogP) is 2.38. The highest BCUT2D eigenvalue weighted by Gasteiger charge is 2.18. The molecule has 0 spiro atoms. The highest BCUT2D eigenvalue weighted by atomic mass is 16.3. The van der Waals surface area contributed by atoms with Crippen LogP contribution in [-0.2, 0) is 6.42 Å². The summed E-state index contributed by atoms with van der Waals surface area (Å²) in [6, 6.07) is 0.291. The van der Waals surface area contributed by atoms with Crippen LogP contribution in [0.4, 0.5) is 11.6 Å². The quantitative estimate of drug-likeness (QED) is 0.765. The minimum atomic E-state index is 0.126. The topological polar surface area (TPSA) is 61.3 Å². The van der Waals surface area contributed by atoms with E-state index in [0.29, 0.717) is 12.6 Å². The fourth-order valence-electron chi connectivity index (χ4n) is 2.12. The van der Waals surface area contributed by atoms with Gasteiger partial charge >= 0.3 is 0 Å². The monoisotopic (exact) mass is 280 g/mol. The van der Waals surface area contributed by atoms with E-state index in [1.165, 1.54) is 0 Å². The van der Waals surface area contributed by atoms with Crippen LogP contribution in [0.1, 0.15) is 45.5 Å². The van der Waals surface area contributed by atoms with Crippen LogP contribution in [0, 0.1) is 6.92 Å². The van der Waals surface area contributed by atoms with Crippen LogP contribution in [0.2, 0.25) is 0 Å². The second-order valence-electron chi connectivity index (χ2n) is 5.23. The Morgan fingerprint density at radius 2 is 1.95 bits per heavy atom. The lowest BCUT2D eigenvalue weighted by Crippen LogP contribution is -2.35. The van der Waals surface area contributed by atoms with Crippen LogP contribution >= 0.6 is 0 Å². The number of aryl methyl sites for hydroxylation is 1. The molecule has 1 aromatic rings. The number of nitrogens with zero attached hydrogens (tertiary/aromatic N) is 3. The summed E-state index contributed by atoms with van der Waals surface area (Å²) in [5, 5.41) is 12.6. The van der Waals surface area contributed by atoms with Crippen LogP contribution in [0.15, 0.2) is 0 Å². The van der Waals surface area contributed by atoms with Crippen molar-refractivity contribution in [3.05, 3.63) is 11.4 Å². The molecule has 0 amide bonds. The molecule has 2 N–H and O–H groups in total. The Morgan fingerprint density at radius 1 is 1.25 bits per heavy atom. The molecule has 20 heavy (non-hydrogen) atoms. The molecule has 1 heterocycles. The number of hydrogen-bond donors (Lipinski definition) is 2. The molecule has 114 valence electrons. The summed E-state index contributed by atoms with van der Waals surface area (Å²) < 4.78 is 0. The van der Waals surface area contributed by atoms with Gasteiger partial charge in [0.25, 0.3) is 0 Å². The van der Waals surface area contributed by atoms with Gasteiger partial charge in [-0.2, -0.15) is 0 Å². The SMILES string of the molecule is CCCNc1nc(CC)nc(N(CCO)C(C)C)c1C. The molecular formula is C15H28N4O. The summed E-state index contributed by atoms with van der Waals surface area (Å²) in [7, 11) is 0. The van der Waals surface area contributed by atoms with Crippen molar-refractivity contribution in [1.29, 1.82) is 0 Å². The first kappa shape index (κ1) is 16.7. The maximum atomic E-state index is 9.27. The Hall–Kier alpha value is -1.36. The molecule has 0 radical (unpaired) electrons. The summed E-state index contributed by atoms with van der Waals surface area (Å²) in [5.41, 5.74) is 1.05. The smallest absolute Gasteiger partial charge is 0.137 e. The van der Waals surface area contributed by atoms with Gasteiger partial charge in [-0.3, -0.25) is 0 Å². The summed E-state index contributed by atoms with van der Waals surface area (Å²) in [4.78, 5) is 11.4. The van der Waals surface area contributed by atoms with Crippen LogP contribution < -0.4 is 10.2 Å².